The molecule has 28 heavy (non-hydrogen) atoms. The summed E-state index contributed by atoms with van der Waals surface area (Å²) >= 11 is 12.0. The number of carbonyl (C=O) groups is 2. The van der Waals surface area contributed by atoms with E-state index in [0.717, 1.165) is 0 Å². The van der Waals surface area contributed by atoms with E-state index in [1.54, 1.807) is 44.0 Å². The highest BCUT2D eigenvalue weighted by Gasteiger charge is 2.21. The van der Waals surface area contributed by atoms with Gasteiger partial charge in [0.2, 0.25) is 0 Å². The first-order valence-corrected chi connectivity index (χ1v) is 9.40. The van der Waals surface area contributed by atoms with Gasteiger partial charge in [0.05, 0.1) is 29.4 Å². The highest BCUT2D eigenvalue weighted by molar-refractivity contribution is 6.35. The van der Waals surface area contributed by atoms with Crippen LogP contribution in [0, 0.1) is 0 Å². The Labute approximate surface area is 173 Å². The number of phenols is 1. The Morgan fingerprint density at radius 3 is 2.21 bits per heavy atom. The SMILES string of the molecule is CCOC(=O)c1ccc(N(C)Cc2cc(Cl)cc(Cl)c2O)cc1C(=O)OCC. The zero-order valence-electron chi connectivity index (χ0n) is 15.8. The lowest BCUT2D eigenvalue weighted by Crippen LogP contribution is -2.19. The predicted molar refractivity (Wildman–Crippen MR) is 109 cm³/mol. The van der Waals surface area contributed by atoms with Gasteiger partial charge in [-0.3, -0.25) is 0 Å². The summed E-state index contributed by atoms with van der Waals surface area (Å²) in [6.45, 7) is 4.01. The van der Waals surface area contributed by atoms with Gasteiger partial charge in [-0.05, 0) is 44.2 Å². The number of aromatic hydroxyl groups is 1. The molecule has 0 aliphatic heterocycles. The molecule has 0 fully saturated rings. The lowest BCUT2D eigenvalue weighted by Gasteiger charge is -2.22. The molecular weight excluding hydrogens is 405 g/mol. The van der Waals surface area contributed by atoms with Gasteiger partial charge >= 0.3 is 11.9 Å². The molecule has 150 valence electrons. The molecule has 0 bridgehead atoms. The van der Waals surface area contributed by atoms with Crippen molar-refractivity contribution in [1.29, 1.82) is 0 Å². The Morgan fingerprint density at radius 2 is 1.61 bits per heavy atom. The average molecular weight is 426 g/mol. The quantitative estimate of drug-likeness (QED) is 0.648. The summed E-state index contributed by atoms with van der Waals surface area (Å²) in [4.78, 5) is 26.3. The van der Waals surface area contributed by atoms with E-state index in [2.05, 4.69) is 0 Å². The third kappa shape index (κ3) is 5.09. The van der Waals surface area contributed by atoms with Gasteiger partial charge < -0.3 is 19.5 Å². The minimum Gasteiger partial charge on any atom is -0.506 e. The van der Waals surface area contributed by atoms with Gasteiger partial charge in [0, 0.05) is 29.9 Å². The first-order valence-electron chi connectivity index (χ1n) is 8.64. The van der Waals surface area contributed by atoms with Crippen molar-refractivity contribution in [2.75, 3.05) is 25.2 Å². The van der Waals surface area contributed by atoms with E-state index in [1.165, 1.54) is 12.1 Å². The number of halogens is 2. The van der Waals surface area contributed by atoms with E-state index in [-0.39, 0.29) is 41.7 Å². The second-order valence-electron chi connectivity index (χ2n) is 5.92. The topological polar surface area (TPSA) is 76.1 Å². The van der Waals surface area contributed by atoms with Crippen LogP contribution in [-0.4, -0.2) is 37.3 Å². The molecule has 0 spiro atoms. The van der Waals surface area contributed by atoms with Gasteiger partial charge in [-0.25, -0.2) is 9.59 Å². The van der Waals surface area contributed by atoms with E-state index in [9.17, 15) is 14.7 Å². The van der Waals surface area contributed by atoms with Gasteiger partial charge in [-0.1, -0.05) is 23.2 Å². The summed E-state index contributed by atoms with van der Waals surface area (Å²) in [5, 5.41) is 10.7. The Kier molecular flexibility index (Phi) is 7.54. The molecule has 0 aliphatic rings. The summed E-state index contributed by atoms with van der Waals surface area (Å²) < 4.78 is 10.1. The van der Waals surface area contributed by atoms with Crippen molar-refractivity contribution in [3.63, 3.8) is 0 Å². The second kappa shape index (κ2) is 9.66. The molecule has 2 aromatic carbocycles. The summed E-state index contributed by atoms with van der Waals surface area (Å²) in [5.74, 6) is -1.28. The minimum absolute atomic E-state index is 0.0633. The van der Waals surface area contributed by atoms with Crippen LogP contribution in [0.4, 0.5) is 5.69 Å². The standard InChI is InChI=1S/C20H21Cl2NO5/c1-4-27-19(25)15-7-6-14(10-16(15)20(26)28-5-2)23(3)11-12-8-13(21)9-17(22)18(12)24/h6-10,24H,4-5,11H2,1-3H3. The van der Waals surface area contributed by atoms with E-state index in [1.807, 2.05) is 0 Å². The van der Waals surface area contributed by atoms with Crippen molar-refractivity contribution >= 4 is 40.8 Å². The highest BCUT2D eigenvalue weighted by Crippen LogP contribution is 2.33. The van der Waals surface area contributed by atoms with E-state index < -0.39 is 11.9 Å². The molecule has 0 saturated carbocycles. The molecule has 8 heteroatoms. The zero-order chi connectivity index (χ0) is 20.8. The van der Waals surface area contributed by atoms with Crippen molar-refractivity contribution in [3.8, 4) is 5.75 Å². The first kappa shape index (κ1) is 21.9. The number of hydrogen-bond acceptors (Lipinski definition) is 6. The maximum atomic E-state index is 12.3. The molecular formula is C20H21Cl2NO5. The lowest BCUT2D eigenvalue weighted by molar-refractivity contribution is 0.0479. The zero-order valence-corrected chi connectivity index (χ0v) is 17.3. The fourth-order valence-corrected chi connectivity index (χ4v) is 3.16. The summed E-state index contributed by atoms with van der Waals surface area (Å²) in [7, 11) is 1.77. The number of benzene rings is 2. The molecule has 0 amide bonds. The Bertz CT molecular complexity index is 885. The van der Waals surface area contributed by atoms with Gasteiger partial charge in [0.1, 0.15) is 5.75 Å². The normalized spacial score (nSPS) is 10.5. The number of hydrogen-bond donors (Lipinski definition) is 1. The van der Waals surface area contributed by atoms with Crippen molar-refractivity contribution in [1.82, 2.24) is 0 Å². The number of ether oxygens (including phenoxy) is 2. The van der Waals surface area contributed by atoms with Gasteiger partial charge in [-0.15, -0.1) is 0 Å². The van der Waals surface area contributed by atoms with Crippen molar-refractivity contribution < 1.29 is 24.2 Å². The lowest BCUT2D eigenvalue weighted by atomic mass is 10.1. The van der Waals surface area contributed by atoms with Crippen LogP contribution in [0.15, 0.2) is 30.3 Å². The largest absolute Gasteiger partial charge is 0.506 e. The van der Waals surface area contributed by atoms with E-state index in [4.69, 9.17) is 32.7 Å². The first-order chi connectivity index (χ1) is 13.3. The summed E-state index contributed by atoms with van der Waals surface area (Å²) in [6, 6.07) is 7.81. The van der Waals surface area contributed by atoms with Gasteiger partial charge in [0.15, 0.2) is 0 Å². The number of phenolic OH excluding ortho intramolecular Hbond substituents is 1. The number of rotatable bonds is 7. The molecule has 0 aromatic heterocycles. The van der Waals surface area contributed by atoms with Crippen LogP contribution < -0.4 is 4.90 Å². The predicted octanol–water partition coefficient (Wildman–Crippen LogP) is 4.69. The maximum Gasteiger partial charge on any atom is 0.339 e. The van der Waals surface area contributed by atoms with Crippen molar-refractivity contribution in [2.24, 2.45) is 0 Å². The third-order valence-corrected chi connectivity index (χ3v) is 4.46. The molecule has 0 saturated heterocycles. The highest BCUT2D eigenvalue weighted by atomic mass is 35.5. The molecule has 0 aliphatic carbocycles. The Morgan fingerprint density at radius 1 is 1.00 bits per heavy atom. The molecule has 0 radical (unpaired) electrons. The average Bonchev–Trinajstić information content (AvgIpc) is 2.65. The third-order valence-electron chi connectivity index (χ3n) is 3.95. The van der Waals surface area contributed by atoms with Crippen LogP contribution in [0.3, 0.4) is 0 Å². The van der Waals surface area contributed by atoms with Gasteiger partial charge in [-0.2, -0.15) is 0 Å². The smallest absolute Gasteiger partial charge is 0.339 e. The van der Waals surface area contributed by atoms with Crippen molar-refractivity contribution in [3.05, 3.63) is 57.1 Å². The molecule has 2 rings (SSSR count). The number of esters is 2. The molecule has 2 aromatic rings. The van der Waals surface area contributed by atoms with E-state index in [0.29, 0.717) is 16.3 Å². The van der Waals surface area contributed by atoms with E-state index >= 15 is 0 Å². The number of anilines is 1. The molecule has 0 atom stereocenters. The fraction of sp³-hybridized carbons (Fsp3) is 0.300. The van der Waals surface area contributed by atoms with Crippen LogP contribution in [0.1, 0.15) is 40.1 Å². The Hall–Kier alpha value is -2.44. The maximum absolute atomic E-state index is 12.3. The number of carbonyl (C=O) groups excluding carboxylic acids is 2. The molecule has 1 N–H and O–H groups in total. The van der Waals surface area contributed by atoms with Crippen LogP contribution in [-0.2, 0) is 16.0 Å². The van der Waals surface area contributed by atoms with Crippen LogP contribution >= 0.6 is 23.2 Å². The number of nitrogens with zero attached hydrogens (tertiary/aromatic N) is 1. The summed E-state index contributed by atoms with van der Waals surface area (Å²) in [6.07, 6.45) is 0. The van der Waals surface area contributed by atoms with Crippen molar-refractivity contribution in [2.45, 2.75) is 20.4 Å². The monoisotopic (exact) mass is 425 g/mol. The van der Waals surface area contributed by atoms with Crippen LogP contribution in [0.5, 0.6) is 5.75 Å². The molecule has 6 nitrogen and oxygen atoms in total. The van der Waals surface area contributed by atoms with Crippen LogP contribution in [0.2, 0.25) is 10.0 Å². The molecule has 0 heterocycles. The second-order valence-corrected chi connectivity index (χ2v) is 6.77. The van der Waals surface area contributed by atoms with Crippen LogP contribution in [0.25, 0.3) is 0 Å². The minimum atomic E-state index is -0.616. The summed E-state index contributed by atoms with van der Waals surface area (Å²) in [5.41, 5.74) is 1.39. The Balaban J connectivity index is 2.38. The van der Waals surface area contributed by atoms with Gasteiger partial charge in [0.25, 0.3) is 0 Å². The molecule has 0 unspecified atom stereocenters. The fourth-order valence-electron chi connectivity index (χ4n) is 2.62.